The van der Waals surface area contributed by atoms with Gasteiger partial charge >= 0.3 is 11.9 Å². The highest BCUT2D eigenvalue weighted by atomic mass is 35.5. The fraction of sp³-hybridized carbons (Fsp3) is 0.333. The van der Waals surface area contributed by atoms with E-state index in [4.69, 9.17) is 21.1 Å². The minimum atomic E-state index is -0.263. The number of methoxy groups -OCH3 is 1. The predicted octanol–water partition coefficient (Wildman–Crippen LogP) is 5.81. The van der Waals surface area contributed by atoms with Crippen LogP contribution in [0.3, 0.4) is 0 Å². The molecule has 1 atom stereocenters. The second-order valence-corrected chi connectivity index (χ2v) is 10.3. The molecule has 0 bridgehead atoms. The smallest absolute Gasteiger partial charge is 0.310 e. The van der Waals surface area contributed by atoms with Gasteiger partial charge < -0.3 is 18.9 Å². The molecule has 0 aliphatic carbocycles. The number of aromatic nitrogens is 1. The van der Waals surface area contributed by atoms with Crippen molar-refractivity contribution in [2.24, 2.45) is 0 Å². The van der Waals surface area contributed by atoms with E-state index in [-0.39, 0.29) is 24.5 Å². The Balaban J connectivity index is 1.53. The summed E-state index contributed by atoms with van der Waals surface area (Å²) in [6.07, 6.45) is 4.02. The summed E-state index contributed by atoms with van der Waals surface area (Å²) in [4.78, 5) is 25.8. The Morgan fingerprint density at radius 2 is 2.00 bits per heavy atom. The summed E-state index contributed by atoms with van der Waals surface area (Å²) in [6.45, 7) is 3.71. The number of piperidine rings is 1. The SMILES string of the molecule is COC(=O)Cc1cn(Cc2csc3ccc(Cl)cc23)c2cc(N3CCCC(OC(C)=O)C3)ccc12. The molecule has 0 spiro atoms. The van der Waals surface area contributed by atoms with Gasteiger partial charge in [-0.15, -0.1) is 11.3 Å². The average Bonchev–Trinajstić information content (AvgIpc) is 3.39. The fourth-order valence-corrected chi connectivity index (χ4v) is 6.02. The first-order valence-electron chi connectivity index (χ1n) is 11.7. The van der Waals surface area contributed by atoms with E-state index in [9.17, 15) is 9.59 Å². The number of benzene rings is 2. The monoisotopic (exact) mass is 510 g/mol. The molecule has 4 aromatic rings. The molecular weight excluding hydrogens is 484 g/mol. The fourth-order valence-electron chi connectivity index (χ4n) is 4.92. The van der Waals surface area contributed by atoms with Crippen LogP contribution in [0.25, 0.3) is 21.0 Å². The lowest BCUT2D eigenvalue weighted by Crippen LogP contribution is -2.40. The molecule has 1 saturated heterocycles. The van der Waals surface area contributed by atoms with Crippen molar-refractivity contribution in [2.75, 3.05) is 25.1 Å². The molecule has 1 aliphatic heterocycles. The lowest BCUT2D eigenvalue weighted by Gasteiger charge is -2.34. The first kappa shape index (κ1) is 23.7. The molecule has 2 aromatic carbocycles. The number of anilines is 1. The maximum atomic E-state index is 12.1. The summed E-state index contributed by atoms with van der Waals surface area (Å²) in [5.41, 5.74) is 4.26. The van der Waals surface area contributed by atoms with Gasteiger partial charge in [-0.3, -0.25) is 9.59 Å². The number of hydrogen-bond donors (Lipinski definition) is 0. The highest BCUT2D eigenvalue weighted by Crippen LogP contribution is 2.33. The van der Waals surface area contributed by atoms with Gasteiger partial charge in [0.1, 0.15) is 6.10 Å². The van der Waals surface area contributed by atoms with E-state index >= 15 is 0 Å². The number of carbonyl (C=O) groups is 2. The number of carbonyl (C=O) groups excluding carboxylic acids is 2. The Bertz CT molecular complexity index is 1410. The Morgan fingerprint density at radius 1 is 1.14 bits per heavy atom. The summed E-state index contributed by atoms with van der Waals surface area (Å²) < 4.78 is 13.8. The average molecular weight is 511 g/mol. The van der Waals surface area contributed by atoms with E-state index in [1.54, 1.807) is 11.3 Å². The van der Waals surface area contributed by atoms with Gasteiger partial charge in [-0.05, 0) is 65.1 Å². The molecule has 8 heteroatoms. The van der Waals surface area contributed by atoms with E-state index in [0.29, 0.717) is 13.1 Å². The van der Waals surface area contributed by atoms with Gasteiger partial charge in [-0.2, -0.15) is 0 Å². The van der Waals surface area contributed by atoms with Crippen molar-refractivity contribution in [1.29, 1.82) is 0 Å². The highest BCUT2D eigenvalue weighted by molar-refractivity contribution is 7.17. The van der Waals surface area contributed by atoms with Crippen molar-refractivity contribution in [3.05, 3.63) is 64.1 Å². The molecule has 2 aromatic heterocycles. The zero-order valence-corrected chi connectivity index (χ0v) is 21.3. The maximum Gasteiger partial charge on any atom is 0.310 e. The van der Waals surface area contributed by atoms with Gasteiger partial charge in [0.25, 0.3) is 0 Å². The topological polar surface area (TPSA) is 60.8 Å². The van der Waals surface area contributed by atoms with Gasteiger partial charge in [0, 0.05) is 47.0 Å². The first-order valence-corrected chi connectivity index (χ1v) is 12.9. The zero-order chi connectivity index (χ0) is 24.5. The van der Waals surface area contributed by atoms with E-state index in [1.165, 1.54) is 24.3 Å². The number of halogens is 1. The molecule has 0 amide bonds. The van der Waals surface area contributed by atoms with E-state index < -0.39 is 0 Å². The van der Waals surface area contributed by atoms with Crippen LogP contribution >= 0.6 is 22.9 Å². The van der Waals surface area contributed by atoms with Crippen LogP contribution in [-0.2, 0) is 32.0 Å². The second kappa shape index (κ2) is 9.91. The molecule has 35 heavy (non-hydrogen) atoms. The van der Waals surface area contributed by atoms with Gasteiger partial charge in [0.15, 0.2) is 0 Å². The number of nitrogens with zero attached hydrogens (tertiary/aromatic N) is 2. The third-order valence-corrected chi connectivity index (χ3v) is 7.79. The Kier molecular flexibility index (Phi) is 6.71. The van der Waals surface area contributed by atoms with Crippen molar-refractivity contribution >= 4 is 61.6 Å². The molecule has 5 rings (SSSR count). The van der Waals surface area contributed by atoms with Gasteiger partial charge in [0.2, 0.25) is 0 Å². The van der Waals surface area contributed by atoms with E-state index in [0.717, 1.165) is 51.9 Å². The molecule has 1 fully saturated rings. The maximum absolute atomic E-state index is 12.1. The molecule has 3 heterocycles. The first-order chi connectivity index (χ1) is 16.9. The van der Waals surface area contributed by atoms with Crippen molar-refractivity contribution in [3.8, 4) is 0 Å². The second-order valence-electron chi connectivity index (χ2n) is 8.96. The third kappa shape index (κ3) is 5.02. The molecule has 0 radical (unpaired) electrons. The molecule has 6 nitrogen and oxygen atoms in total. The lowest BCUT2D eigenvalue weighted by molar-refractivity contribution is -0.146. The zero-order valence-electron chi connectivity index (χ0n) is 19.8. The minimum absolute atomic E-state index is 0.0967. The molecule has 0 N–H and O–H groups in total. The van der Waals surface area contributed by atoms with Crippen LogP contribution < -0.4 is 4.90 Å². The van der Waals surface area contributed by atoms with Crippen LogP contribution in [-0.4, -0.2) is 42.8 Å². The van der Waals surface area contributed by atoms with E-state index in [1.807, 2.05) is 12.1 Å². The lowest BCUT2D eigenvalue weighted by atomic mass is 10.1. The van der Waals surface area contributed by atoms with Crippen LogP contribution in [0.4, 0.5) is 5.69 Å². The van der Waals surface area contributed by atoms with Crippen molar-refractivity contribution in [1.82, 2.24) is 4.57 Å². The molecular formula is C27H27ClN2O4S. The predicted molar refractivity (Wildman–Crippen MR) is 141 cm³/mol. The minimum Gasteiger partial charge on any atom is -0.469 e. The van der Waals surface area contributed by atoms with Crippen LogP contribution in [0, 0.1) is 0 Å². The summed E-state index contributed by atoms with van der Waals surface area (Å²) in [5, 5.41) is 5.07. The van der Waals surface area contributed by atoms with Gasteiger partial charge in [-0.1, -0.05) is 17.7 Å². The number of fused-ring (bicyclic) bond motifs is 2. The normalized spacial score (nSPS) is 16.1. The summed E-state index contributed by atoms with van der Waals surface area (Å²) >= 11 is 7.99. The van der Waals surface area contributed by atoms with Crippen LogP contribution in [0.5, 0.6) is 0 Å². The number of ether oxygens (including phenoxy) is 2. The Labute approximate surface area is 213 Å². The molecule has 182 valence electrons. The quantitative estimate of drug-likeness (QED) is 0.306. The highest BCUT2D eigenvalue weighted by Gasteiger charge is 2.23. The number of thiophene rings is 1. The molecule has 1 unspecified atom stereocenters. The summed E-state index contributed by atoms with van der Waals surface area (Å²) in [7, 11) is 1.41. The van der Waals surface area contributed by atoms with Crippen LogP contribution in [0.2, 0.25) is 5.02 Å². The van der Waals surface area contributed by atoms with Crippen LogP contribution in [0.1, 0.15) is 30.9 Å². The van der Waals surface area contributed by atoms with Crippen molar-refractivity contribution < 1.29 is 19.1 Å². The summed E-state index contributed by atoms with van der Waals surface area (Å²) in [5.74, 6) is -0.502. The Morgan fingerprint density at radius 3 is 2.80 bits per heavy atom. The summed E-state index contributed by atoms with van der Waals surface area (Å²) in [6, 6.07) is 12.3. The van der Waals surface area contributed by atoms with Gasteiger partial charge in [0.05, 0.1) is 25.6 Å². The van der Waals surface area contributed by atoms with E-state index in [2.05, 4.69) is 45.3 Å². The third-order valence-electron chi connectivity index (χ3n) is 6.54. The number of hydrogen-bond acceptors (Lipinski definition) is 6. The Hall–Kier alpha value is -3.03. The largest absolute Gasteiger partial charge is 0.469 e. The molecule has 1 aliphatic rings. The molecule has 0 saturated carbocycles. The van der Waals surface area contributed by atoms with Crippen molar-refractivity contribution in [2.45, 2.75) is 38.8 Å². The number of esters is 2. The number of rotatable bonds is 6. The van der Waals surface area contributed by atoms with Crippen molar-refractivity contribution in [3.63, 3.8) is 0 Å². The van der Waals surface area contributed by atoms with Crippen LogP contribution in [0.15, 0.2) is 48.0 Å². The van der Waals surface area contributed by atoms with Gasteiger partial charge in [-0.25, -0.2) is 0 Å². The standard InChI is InChI=1S/C27H27ClN2O4S/c1-17(31)34-22-4-3-9-29(15-22)21-6-7-23-18(10-27(32)33-2)13-30(25(23)12-21)14-19-16-35-26-8-5-20(28)11-24(19)26/h5-8,11-13,16,22H,3-4,9-10,14-15H2,1-2H3.